The van der Waals surface area contributed by atoms with Crippen LogP contribution >= 0.6 is 0 Å². The predicted octanol–water partition coefficient (Wildman–Crippen LogP) is 5.49. The second-order valence-electron chi connectivity index (χ2n) is 6.61. The Labute approximate surface area is 150 Å². The van der Waals surface area contributed by atoms with Gasteiger partial charge in [0.1, 0.15) is 5.75 Å². The molecule has 1 aliphatic heterocycles. The molecule has 0 bridgehead atoms. The van der Waals surface area contributed by atoms with Gasteiger partial charge in [0.2, 0.25) is 6.54 Å². The van der Waals surface area contributed by atoms with E-state index in [4.69, 9.17) is 4.74 Å². The van der Waals surface area contributed by atoms with Gasteiger partial charge in [-0.15, -0.1) is 0 Å². The van der Waals surface area contributed by atoms with Crippen molar-refractivity contribution in [2.75, 3.05) is 13.7 Å². The Morgan fingerprint density at radius 1 is 1.15 bits per heavy atom. The maximum absolute atomic E-state index is 13.5. The molecule has 3 rings (SSSR count). The van der Waals surface area contributed by atoms with Crippen molar-refractivity contribution in [1.29, 1.82) is 0 Å². The third kappa shape index (κ3) is 3.45. The SMILES string of the molecule is CC[C@H]1C[N+](=O)c2cccc(C(F)(F)F)c2C[C@H]1c1ccc(OC)cc1. The lowest BCUT2D eigenvalue weighted by Gasteiger charge is -2.22. The predicted molar refractivity (Wildman–Crippen MR) is 92.8 cm³/mol. The monoisotopic (exact) mass is 364 g/mol. The van der Waals surface area contributed by atoms with Crippen LogP contribution in [0.4, 0.5) is 18.9 Å². The van der Waals surface area contributed by atoms with Gasteiger partial charge in [0.05, 0.1) is 12.7 Å². The minimum atomic E-state index is -4.48. The zero-order valence-corrected chi connectivity index (χ0v) is 14.7. The number of nitrogens with zero attached hydrogens (tertiary/aromatic N) is 1. The molecule has 1 aliphatic rings. The Hall–Kier alpha value is -2.37. The van der Waals surface area contributed by atoms with Gasteiger partial charge >= 0.3 is 6.18 Å². The molecule has 2 aromatic carbocycles. The number of nitroso groups, excluding NO2 is 1. The maximum Gasteiger partial charge on any atom is 0.416 e. The fourth-order valence-electron chi connectivity index (χ4n) is 3.77. The first-order valence-corrected chi connectivity index (χ1v) is 8.62. The number of ether oxygens (including phenoxy) is 1. The molecule has 0 fully saturated rings. The molecule has 0 saturated carbocycles. The van der Waals surface area contributed by atoms with Crippen LogP contribution in [0, 0.1) is 10.8 Å². The van der Waals surface area contributed by atoms with Gasteiger partial charge in [-0.1, -0.05) is 25.1 Å². The van der Waals surface area contributed by atoms with E-state index in [2.05, 4.69) is 0 Å². The first-order valence-electron chi connectivity index (χ1n) is 8.62. The molecule has 0 amide bonds. The van der Waals surface area contributed by atoms with Gasteiger partial charge < -0.3 is 4.74 Å². The van der Waals surface area contributed by atoms with E-state index in [1.165, 1.54) is 12.1 Å². The summed E-state index contributed by atoms with van der Waals surface area (Å²) in [5.74, 6) is 0.499. The van der Waals surface area contributed by atoms with Gasteiger partial charge in [-0.2, -0.15) is 13.2 Å². The van der Waals surface area contributed by atoms with Crippen molar-refractivity contribution >= 4 is 5.69 Å². The van der Waals surface area contributed by atoms with Crippen LogP contribution in [0.25, 0.3) is 0 Å². The maximum atomic E-state index is 13.5. The molecule has 0 spiro atoms. The summed E-state index contributed by atoms with van der Waals surface area (Å²) in [6, 6.07) is 11.2. The molecule has 0 radical (unpaired) electrons. The second-order valence-corrected chi connectivity index (χ2v) is 6.61. The summed E-state index contributed by atoms with van der Waals surface area (Å²) in [4.78, 5) is 12.6. The van der Waals surface area contributed by atoms with Crippen molar-refractivity contribution < 1.29 is 22.7 Å². The Bertz CT molecular complexity index is 800. The molecule has 0 aromatic heterocycles. The standard InChI is InChI=1S/C20H21F3NO2/c1-3-13-12-24(25)19-6-4-5-18(20(21,22)23)17(19)11-16(13)14-7-9-15(26-2)10-8-14/h4-10,13,16H,3,11-12H2,1-2H3/q+1/t13-,16+/m0/s1. The molecule has 0 unspecified atom stereocenters. The summed E-state index contributed by atoms with van der Waals surface area (Å²) in [5, 5.41) is 0. The third-order valence-electron chi connectivity index (χ3n) is 5.19. The van der Waals surface area contributed by atoms with Crippen LogP contribution < -0.4 is 4.74 Å². The second kappa shape index (κ2) is 7.09. The molecule has 3 nitrogen and oxygen atoms in total. The highest BCUT2D eigenvalue weighted by molar-refractivity contribution is 5.48. The summed E-state index contributed by atoms with van der Waals surface area (Å²) < 4.78 is 46.4. The largest absolute Gasteiger partial charge is 0.497 e. The highest BCUT2D eigenvalue weighted by atomic mass is 19.4. The number of alkyl halides is 3. The number of methoxy groups -OCH3 is 1. The minimum absolute atomic E-state index is 0.0330. The third-order valence-corrected chi connectivity index (χ3v) is 5.19. The lowest BCUT2D eigenvalue weighted by Crippen LogP contribution is -2.20. The zero-order chi connectivity index (χ0) is 18.9. The van der Waals surface area contributed by atoms with E-state index in [0.717, 1.165) is 16.4 Å². The Morgan fingerprint density at radius 2 is 1.85 bits per heavy atom. The molecular formula is C20H21F3NO2+. The van der Waals surface area contributed by atoms with Gasteiger partial charge in [0.15, 0.2) is 0 Å². The average Bonchev–Trinajstić information content (AvgIpc) is 2.77. The molecule has 2 atom stereocenters. The minimum Gasteiger partial charge on any atom is -0.497 e. The Balaban J connectivity index is 2.10. The normalized spacial score (nSPS) is 20.4. The number of rotatable bonds is 3. The average molecular weight is 364 g/mol. The lowest BCUT2D eigenvalue weighted by molar-refractivity contribution is -0.471. The topological polar surface area (TPSA) is 29.3 Å². The van der Waals surface area contributed by atoms with Gasteiger partial charge in [0.25, 0.3) is 5.69 Å². The van der Waals surface area contributed by atoms with Crippen LogP contribution in [0.5, 0.6) is 5.75 Å². The van der Waals surface area contributed by atoms with Crippen molar-refractivity contribution in [3.63, 3.8) is 0 Å². The zero-order valence-electron chi connectivity index (χ0n) is 14.7. The van der Waals surface area contributed by atoms with Crippen molar-refractivity contribution in [3.8, 4) is 5.75 Å². The van der Waals surface area contributed by atoms with Gasteiger partial charge in [-0.05, 0) is 42.5 Å². The van der Waals surface area contributed by atoms with E-state index in [-0.39, 0.29) is 36.1 Å². The summed E-state index contributed by atoms with van der Waals surface area (Å²) in [6.45, 7) is 2.15. The first kappa shape index (κ1) is 18.4. The van der Waals surface area contributed by atoms with Crippen LogP contribution in [0.1, 0.15) is 36.0 Å². The van der Waals surface area contributed by atoms with E-state index < -0.39 is 11.7 Å². The van der Waals surface area contributed by atoms with E-state index in [0.29, 0.717) is 12.2 Å². The van der Waals surface area contributed by atoms with Crippen molar-refractivity contribution in [2.24, 2.45) is 5.92 Å². The number of fused-ring (bicyclic) bond motifs is 1. The quantitative estimate of drug-likeness (QED) is 0.674. The van der Waals surface area contributed by atoms with E-state index in [1.807, 2.05) is 19.1 Å². The van der Waals surface area contributed by atoms with Crippen LogP contribution in [-0.2, 0) is 12.6 Å². The number of hydrogen-bond acceptors (Lipinski definition) is 2. The molecule has 2 aromatic rings. The van der Waals surface area contributed by atoms with E-state index in [9.17, 15) is 18.1 Å². The molecule has 0 saturated heterocycles. The summed E-state index contributed by atoms with van der Waals surface area (Å²) in [7, 11) is 1.57. The fourth-order valence-corrected chi connectivity index (χ4v) is 3.77. The lowest BCUT2D eigenvalue weighted by atomic mass is 9.80. The van der Waals surface area contributed by atoms with Gasteiger partial charge in [-0.25, -0.2) is 0 Å². The molecule has 1 heterocycles. The number of benzene rings is 2. The Kier molecular flexibility index (Phi) is 5.03. The molecule has 0 aliphatic carbocycles. The van der Waals surface area contributed by atoms with Crippen molar-refractivity contribution in [2.45, 2.75) is 31.9 Å². The van der Waals surface area contributed by atoms with Crippen LogP contribution in [0.2, 0.25) is 0 Å². The number of hydrogen-bond donors (Lipinski definition) is 0. The van der Waals surface area contributed by atoms with Crippen LogP contribution in [0.3, 0.4) is 0 Å². The molecule has 138 valence electrons. The fraction of sp³-hybridized carbons (Fsp3) is 0.400. The molecule has 0 N–H and O–H groups in total. The van der Waals surface area contributed by atoms with Gasteiger partial charge in [0, 0.05) is 27.2 Å². The highest BCUT2D eigenvalue weighted by Crippen LogP contribution is 2.43. The first-order chi connectivity index (χ1) is 12.3. The van der Waals surface area contributed by atoms with Crippen LogP contribution in [0.15, 0.2) is 42.5 Å². The highest BCUT2D eigenvalue weighted by Gasteiger charge is 2.42. The Morgan fingerprint density at radius 3 is 2.42 bits per heavy atom. The van der Waals surface area contributed by atoms with Crippen LogP contribution in [-0.4, -0.2) is 18.4 Å². The van der Waals surface area contributed by atoms with Crippen molar-refractivity contribution in [1.82, 2.24) is 0 Å². The molecular weight excluding hydrogens is 343 g/mol. The van der Waals surface area contributed by atoms with Gasteiger partial charge in [-0.3, -0.25) is 0 Å². The summed E-state index contributed by atoms with van der Waals surface area (Å²) in [5.41, 5.74) is 0.433. The number of halogens is 3. The summed E-state index contributed by atoms with van der Waals surface area (Å²) >= 11 is 0. The molecule has 6 heteroatoms. The molecule has 26 heavy (non-hydrogen) atoms. The summed E-state index contributed by atoms with van der Waals surface area (Å²) in [6.07, 6.45) is -3.58. The van der Waals surface area contributed by atoms with E-state index in [1.54, 1.807) is 19.2 Å². The van der Waals surface area contributed by atoms with E-state index >= 15 is 0 Å². The smallest absolute Gasteiger partial charge is 0.416 e. The van der Waals surface area contributed by atoms with Crippen molar-refractivity contribution in [3.05, 3.63) is 64.1 Å².